The summed E-state index contributed by atoms with van der Waals surface area (Å²) in [4.78, 5) is 13.7. The van der Waals surface area contributed by atoms with E-state index in [9.17, 15) is 4.79 Å². The van der Waals surface area contributed by atoms with Crippen molar-refractivity contribution in [1.29, 1.82) is 0 Å². The van der Waals surface area contributed by atoms with Gasteiger partial charge in [-0.25, -0.2) is 0 Å². The number of hydrogen-bond donors (Lipinski definition) is 1. The maximum absolute atomic E-state index is 11.7. The number of thiocarbonyl (C=S) groups is 1. The molecule has 0 heterocycles. The molecule has 2 N–H and O–H groups in total. The van der Waals surface area contributed by atoms with Gasteiger partial charge in [0, 0.05) is 20.2 Å². The summed E-state index contributed by atoms with van der Waals surface area (Å²) >= 11 is 4.72. The topological polar surface area (TPSA) is 55.6 Å². The molecule has 0 aliphatic heterocycles. The van der Waals surface area contributed by atoms with Crippen LogP contribution in [0, 0.1) is 5.92 Å². The summed E-state index contributed by atoms with van der Waals surface area (Å²) < 4.78 is 4.95. The first-order valence-corrected chi connectivity index (χ1v) is 5.43. The number of methoxy groups -OCH3 is 1. The van der Waals surface area contributed by atoms with E-state index < -0.39 is 0 Å². The lowest BCUT2D eigenvalue weighted by molar-refractivity contribution is -0.131. The highest BCUT2D eigenvalue weighted by Gasteiger charge is 2.15. The third-order valence-electron chi connectivity index (χ3n) is 1.83. The molecule has 0 bridgehead atoms. The highest BCUT2D eigenvalue weighted by atomic mass is 32.1. The monoisotopic (exact) mass is 232 g/mol. The third kappa shape index (κ3) is 7.27. The van der Waals surface area contributed by atoms with Gasteiger partial charge in [0.05, 0.1) is 18.0 Å². The number of nitrogens with two attached hydrogens (primary N) is 1. The molecule has 0 saturated heterocycles. The van der Waals surface area contributed by atoms with Crippen LogP contribution in [-0.2, 0) is 9.53 Å². The molecule has 0 atom stereocenters. The Hall–Kier alpha value is -0.680. The third-order valence-corrected chi connectivity index (χ3v) is 1.97. The molecular weight excluding hydrogens is 212 g/mol. The maximum Gasteiger partial charge on any atom is 0.229 e. The zero-order chi connectivity index (χ0) is 11.8. The summed E-state index contributed by atoms with van der Waals surface area (Å²) in [6, 6.07) is 0. The average Bonchev–Trinajstić information content (AvgIpc) is 2.10. The molecule has 88 valence electrons. The smallest absolute Gasteiger partial charge is 0.229 e. The molecule has 0 aromatic carbocycles. The molecule has 0 saturated carbocycles. The molecule has 0 aromatic heterocycles. The fraction of sp³-hybridized carbons (Fsp3) is 0.800. The van der Waals surface area contributed by atoms with Crippen LogP contribution in [0.2, 0.25) is 0 Å². The van der Waals surface area contributed by atoms with Crippen LogP contribution in [0.3, 0.4) is 0 Å². The van der Waals surface area contributed by atoms with Crippen LogP contribution in [0.5, 0.6) is 0 Å². The minimum Gasteiger partial charge on any atom is -0.393 e. The van der Waals surface area contributed by atoms with Gasteiger partial charge < -0.3 is 15.4 Å². The van der Waals surface area contributed by atoms with Gasteiger partial charge in [-0.3, -0.25) is 4.79 Å². The van der Waals surface area contributed by atoms with Crippen LogP contribution < -0.4 is 5.73 Å². The Balaban J connectivity index is 4.20. The molecule has 0 unspecified atom stereocenters. The normalized spacial score (nSPS) is 10.4. The van der Waals surface area contributed by atoms with E-state index in [-0.39, 0.29) is 17.3 Å². The van der Waals surface area contributed by atoms with Crippen LogP contribution in [0.4, 0.5) is 0 Å². The highest BCUT2D eigenvalue weighted by molar-refractivity contribution is 7.80. The zero-order valence-electron chi connectivity index (χ0n) is 9.66. The summed E-state index contributed by atoms with van der Waals surface area (Å²) in [5.74, 6) is 0.408. The van der Waals surface area contributed by atoms with E-state index in [0.29, 0.717) is 25.6 Å². The minimum absolute atomic E-state index is 0.0201. The quantitative estimate of drug-likeness (QED) is 0.660. The Kier molecular flexibility index (Phi) is 7.25. The Morgan fingerprint density at radius 2 is 2.13 bits per heavy atom. The lowest BCUT2D eigenvalue weighted by atomic mass is 10.2. The van der Waals surface area contributed by atoms with Gasteiger partial charge in [0.2, 0.25) is 5.91 Å². The second-order valence-corrected chi connectivity index (χ2v) is 4.39. The molecule has 5 heteroatoms. The van der Waals surface area contributed by atoms with E-state index in [1.54, 1.807) is 12.0 Å². The number of carbonyl (C=O) groups is 1. The van der Waals surface area contributed by atoms with Gasteiger partial charge >= 0.3 is 0 Å². The van der Waals surface area contributed by atoms with E-state index in [0.717, 1.165) is 0 Å². The van der Waals surface area contributed by atoms with Crippen LogP contribution in [0.1, 0.15) is 20.3 Å². The van der Waals surface area contributed by atoms with Gasteiger partial charge in [-0.2, -0.15) is 0 Å². The SMILES string of the molecule is COCCN(CC(C)C)C(=O)CC(N)=S. The predicted octanol–water partition coefficient (Wildman–Crippen LogP) is 0.794. The van der Waals surface area contributed by atoms with Crippen molar-refractivity contribution < 1.29 is 9.53 Å². The summed E-state index contributed by atoms with van der Waals surface area (Å²) in [5, 5.41) is 0. The second-order valence-electron chi connectivity index (χ2n) is 3.87. The van der Waals surface area contributed by atoms with E-state index in [1.807, 2.05) is 0 Å². The van der Waals surface area contributed by atoms with Crippen molar-refractivity contribution in [3.8, 4) is 0 Å². The zero-order valence-corrected chi connectivity index (χ0v) is 10.5. The molecule has 1 amide bonds. The van der Waals surface area contributed by atoms with E-state index in [1.165, 1.54) is 0 Å². The Morgan fingerprint density at radius 3 is 2.53 bits per heavy atom. The van der Waals surface area contributed by atoms with E-state index in [2.05, 4.69) is 13.8 Å². The van der Waals surface area contributed by atoms with Crippen LogP contribution >= 0.6 is 12.2 Å². The van der Waals surface area contributed by atoms with Crippen LogP contribution in [0.15, 0.2) is 0 Å². The fourth-order valence-electron chi connectivity index (χ4n) is 1.22. The molecule has 0 aromatic rings. The van der Waals surface area contributed by atoms with E-state index >= 15 is 0 Å². The predicted molar refractivity (Wildman–Crippen MR) is 64.7 cm³/mol. The van der Waals surface area contributed by atoms with Crippen molar-refractivity contribution in [3.63, 3.8) is 0 Å². The van der Waals surface area contributed by atoms with Crippen molar-refractivity contribution in [3.05, 3.63) is 0 Å². The molecule has 0 rings (SSSR count). The van der Waals surface area contributed by atoms with Crippen molar-refractivity contribution in [2.24, 2.45) is 11.7 Å². The maximum atomic E-state index is 11.7. The summed E-state index contributed by atoms with van der Waals surface area (Å²) in [7, 11) is 1.62. The fourth-order valence-corrected chi connectivity index (χ4v) is 1.34. The largest absolute Gasteiger partial charge is 0.393 e. The molecule has 0 aliphatic rings. The molecule has 0 spiro atoms. The van der Waals surface area contributed by atoms with Crippen molar-refractivity contribution in [1.82, 2.24) is 4.90 Å². The number of nitrogens with zero attached hydrogens (tertiary/aromatic N) is 1. The summed E-state index contributed by atoms with van der Waals surface area (Å²) in [6.07, 6.45) is 0.145. The summed E-state index contributed by atoms with van der Waals surface area (Å²) in [6.45, 7) is 5.97. The van der Waals surface area contributed by atoms with Gasteiger partial charge in [-0.1, -0.05) is 26.1 Å². The van der Waals surface area contributed by atoms with Gasteiger partial charge in [0.15, 0.2) is 0 Å². The van der Waals surface area contributed by atoms with Gasteiger partial charge in [-0.05, 0) is 5.92 Å². The van der Waals surface area contributed by atoms with Crippen LogP contribution in [-0.4, -0.2) is 42.6 Å². The van der Waals surface area contributed by atoms with Gasteiger partial charge in [-0.15, -0.1) is 0 Å². The number of rotatable bonds is 7. The summed E-state index contributed by atoms with van der Waals surface area (Å²) in [5.41, 5.74) is 5.34. The molecule has 0 fully saturated rings. The number of ether oxygens (including phenoxy) is 1. The second kappa shape index (κ2) is 7.59. The van der Waals surface area contributed by atoms with Crippen LogP contribution in [0.25, 0.3) is 0 Å². The molecule has 4 nitrogen and oxygen atoms in total. The average molecular weight is 232 g/mol. The first kappa shape index (κ1) is 14.3. The van der Waals surface area contributed by atoms with Gasteiger partial charge in [0.1, 0.15) is 0 Å². The van der Waals surface area contributed by atoms with E-state index in [4.69, 9.17) is 22.7 Å². The number of amides is 1. The van der Waals surface area contributed by atoms with Gasteiger partial charge in [0.25, 0.3) is 0 Å². The highest BCUT2D eigenvalue weighted by Crippen LogP contribution is 2.01. The van der Waals surface area contributed by atoms with Crippen molar-refractivity contribution in [2.75, 3.05) is 26.8 Å². The van der Waals surface area contributed by atoms with Crippen molar-refractivity contribution in [2.45, 2.75) is 20.3 Å². The Labute approximate surface area is 96.8 Å². The first-order valence-electron chi connectivity index (χ1n) is 5.02. The molecule has 15 heavy (non-hydrogen) atoms. The first-order chi connectivity index (χ1) is 6.97. The lowest BCUT2D eigenvalue weighted by Gasteiger charge is -2.24. The molecule has 0 aliphatic carbocycles. The Bertz CT molecular complexity index is 219. The lowest BCUT2D eigenvalue weighted by Crippen LogP contribution is -2.38. The number of hydrogen-bond acceptors (Lipinski definition) is 3. The standard InChI is InChI=1S/C10H20N2O2S/c1-8(2)7-12(4-5-14-3)10(13)6-9(11)15/h8H,4-7H2,1-3H3,(H2,11,15). The molecule has 0 radical (unpaired) electrons. The molecular formula is C10H20N2O2S. The van der Waals surface area contributed by atoms with Crippen molar-refractivity contribution >= 4 is 23.1 Å². The minimum atomic E-state index is -0.0201. The Morgan fingerprint density at radius 1 is 1.53 bits per heavy atom. The number of carbonyl (C=O) groups excluding carboxylic acids is 1.